The van der Waals surface area contributed by atoms with Crippen LogP contribution in [0.5, 0.6) is 0 Å². The van der Waals surface area contributed by atoms with Crippen LogP contribution < -0.4 is 5.32 Å². The molecule has 0 radical (unpaired) electrons. The quantitative estimate of drug-likeness (QED) is 0.683. The Kier molecular flexibility index (Phi) is 6.75. The molecule has 4 nitrogen and oxygen atoms in total. The zero-order valence-corrected chi connectivity index (χ0v) is 10.0. The van der Waals surface area contributed by atoms with Gasteiger partial charge in [-0.3, -0.25) is 4.79 Å². The van der Waals surface area contributed by atoms with E-state index < -0.39 is 6.04 Å². The Hall–Kier alpha value is -1.06. The van der Waals surface area contributed by atoms with Gasteiger partial charge in [0.05, 0.1) is 6.61 Å². The summed E-state index contributed by atoms with van der Waals surface area (Å²) >= 11 is 0. The number of nitrogens with one attached hydrogen (secondary N) is 1. The van der Waals surface area contributed by atoms with Gasteiger partial charge in [-0.15, -0.1) is 0 Å². The highest BCUT2D eigenvalue weighted by Gasteiger charge is 2.25. The van der Waals surface area contributed by atoms with Crippen LogP contribution in [-0.4, -0.2) is 24.5 Å². The van der Waals surface area contributed by atoms with Crippen LogP contribution in [0.25, 0.3) is 0 Å². The predicted molar refractivity (Wildman–Crippen MR) is 58.3 cm³/mol. The summed E-state index contributed by atoms with van der Waals surface area (Å²) in [6, 6.07) is -0.515. The van der Waals surface area contributed by atoms with E-state index in [4.69, 9.17) is 4.74 Å². The van der Waals surface area contributed by atoms with Gasteiger partial charge in [0.2, 0.25) is 5.91 Å². The van der Waals surface area contributed by atoms with E-state index in [1.807, 2.05) is 20.8 Å². The lowest BCUT2D eigenvalue weighted by Crippen LogP contribution is -2.45. The largest absolute Gasteiger partial charge is 0.464 e. The third-order valence-electron chi connectivity index (χ3n) is 2.27. The highest BCUT2D eigenvalue weighted by Crippen LogP contribution is 2.09. The lowest BCUT2D eigenvalue weighted by atomic mass is 9.99. The van der Waals surface area contributed by atoms with Crippen LogP contribution >= 0.6 is 0 Å². The second-order valence-corrected chi connectivity index (χ2v) is 3.73. The SMILES string of the molecule is CCCOC(=O)C(NC(C)=O)C(C)CC. The van der Waals surface area contributed by atoms with Gasteiger partial charge in [0.25, 0.3) is 0 Å². The van der Waals surface area contributed by atoms with Gasteiger partial charge < -0.3 is 10.1 Å². The van der Waals surface area contributed by atoms with E-state index in [2.05, 4.69) is 5.32 Å². The molecule has 0 fully saturated rings. The molecule has 0 saturated heterocycles. The molecule has 1 amide bonds. The van der Waals surface area contributed by atoms with Crippen LogP contribution in [0.4, 0.5) is 0 Å². The van der Waals surface area contributed by atoms with Gasteiger partial charge in [-0.2, -0.15) is 0 Å². The van der Waals surface area contributed by atoms with Crippen molar-refractivity contribution in [3.05, 3.63) is 0 Å². The van der Waals surface area contributed by atoms with E-state index >= 15 is 0 Å². The fraction of sp³-hybridized carbons (Fsp3) is 0.818. The maximum atomic E-state index is 11.6. The van der Waals surface area contributed by atoms with E-state index in [1.165, 1.54) is 6.92 Å². The van der Waals surface area contributed by atoms with Gasteiger partial charge >= 0.3 is 5.97 Å². The van der Waals surface area contributed by atoms with Gasteiger partial charge in [-0.1, -0.05) is 27.2 Å². The average molecular weight is 215 g/mol. The van der Waals surface area contributed by atoms with Crippen molar-refractivity contribution in [2.75, 3.05) is 6.61 Å². The first kappa shape index (κ1) is 13.9. The molecule has 1 N–H and O–H groups in total. The molecule has 0 rings (SSSR count). The van der Waals surface area contributed by atoms with E-state index in [0.717, 1.165) is 12.8 Å². The van der Waals surface area contributed by atoms with Gasteiger partial charge in [0.1, 0.15) is 6.04 Å². The number of carbonyl (C=O) groups is 2. The molecule has 88 valence electrons. The van der Waals surface area contributed by atoms with Crippen molar-refractivity contribution in [3.63, 3.8) is 0 Å². The summed E-state index contributed by atoms with van der Waals surface area (Å²) in [7, 11) is 0. The lowest BCUT2D eigenvalue weighted by molar-refractivity contribution is -0.149. The Balaban J connectivity index is 4.33. The number of carbonyl (C=O) groups excluding carboxylic acids is 2. The summed E-state index contributed by atoms with van der Waals surface area (Å²) in [5.41, 5.74) is 0. The zero-order valence-electron chi connectivity index (χ0n) is 10.0. The molecule has 0 aromatic heterocycles. The Morgan fingerprint density at radius 3 is 2.33 bits per heavy atom. The highest BCUT2D eigenvalue weighted by atomic mass is 16.5. The molecule has 0 saturated carbocycles. The molecular formula is C11H21NO3. The van der Waals surface area contributed by atoms with Gasteiger partial charge in [0, 0.05) is 6.92 Å². The molecule has 0 aromatic rings. The molecule has 0 aliphatic heterocycles. The molecule has 4 heteroatoms. The fourth-order valence-electron chi connectivity index (χ4n) is 1.18. The number of amides is 1. The highest BCUT2D eigenvalue weighted by molar-refractivity contribution is 5.83. The first-order chi connectivity index (χ1) is 7.02. The number of esters is 1. The van der Waals surface area contributed by atoms with Crippen molar-refractivity contribution in [1.29, 1.82) is 0 Å². The summed E-state index contributed by atoms with van der Waals surface area (Å²) in [6.07, 6.45) is 1.62. The summed E-state index contributed by atoms with van der Waals surface area (Å²) in [6.45, 7) is 7.65. The molecule has 2 atom stereocenters. The Labute approximate surface area is 91.4 Å². The lowest BCUT2D eigenvalue weighted by Gasteiger charge is -2.21. The van der Waals surface area contributed by atoms with Crippen molar-refractivity contribution in [3.8, 4) is 0 Å². The van der Waals surface area contributed by atoms with Crippen molar-refractivity contribution in [2.24, 2.45) is 5.92 Å². The minimum absolute atomic E-state index is 0.0956. The maximum Gasteiger partial charge on any atom is 0.328 e. The zero-order chi connectivity index (χ0) is 11.8. The Morgan fingerprint density at radius 1 is 1.33 bits per heavy atom. The second-order valence-electron chi connectivity index (χ2n) is 3.73. The number of rotatable bonds is 6. The predicted octanol–water partition coefficient (Wildman–Crippen LogP) is 1.49. The first-order valence-electron chi connectivity index (χ1n) is 5.46. The van der Waals surface area contributed by atoms with Crippen molar-refractivity contribution in [1.82, 2.24) is 5.32 Å². The van der Waals surface area contributed by atoms with Gasteiger partial charge in [-0.05, 0) is 12.3 Å². The van der Waals surface area contributed by atoms with Crippen LogP contribution in [-0.2, 0) is 14.3 Å². The van der Waals surface area contributed by atoms with Crippen LogP contribution in [0.3, 0.4) is 0 Å². The Morgan fingerprint density at radius 2 is 1.93 bits per heavy atom. The molecule has 0 bridgehead atoms. The fourth-order valence-corrected chi connectivity index (χ4v) is 1.18. The third-order valence-corrected chi connectivity index (χ3v) is 2.27. The van der Waals surface area contributed by atoms with E-state index in [-0.39, 0.29) is 17.8 Å². The van der Waals surface area contributed by atoms with E-state index in [9.17, 15) is 9.59 Å². The molecule has 0 spiro atoms. The monoisotopic (exact) mass is 215 g/mol. The second kappa shape index (κ2) is 7.26. The Bertz CT molecular complexity index is 216. The summed E-state index contributed by atoms with van der Waals surface area (Å²) in [5, 5.41) is 2.63. The molecule has 2 unspecified atom stereocenters. The molecular weight excluding hydrogens is 194 g/mol. The standard InChI is InChI=1S/C11H21NO3/c1-5-7-15-11(14)10(8(3)6-2)12-9(4)13/h8,10H,5-7H2,1-4H3,(H,12,13). The molecule has 0 aromatic carbocycles. The van der Waals surface area contributed by atoms with Crippen LogP contribution in [0.2, 0.25) is 0 Å². The molecule has 15 heavy (non-hydrogen) atoms. The topological polar surface area (TPSA) is 55.4 Å². The average Bonchev–Trinajstić information content (AvgIpc) is 2.21. The molecule has 0 aliphatic rings. The minimum Gasteiger partial charge on any atom is -0.464 e. The minimum atomic E-state index is -0.515. The molecule has 0 heterocycles. The van der Waals surface area contributed by atoms with E-state index in [0.29, 0.717) is 6.61 Å². The van der Waals surface area contributed by atoms with Crippen molar-refractivity contribution in [2.45, 2.75) is 46.6 Å². The van der Waals surface area contributed by atoms with Crippen LogP contribution in [0, 0.1) is 5.92 Å². The molecule has 0 aliphatic carbocycles. The van der Waals surface area contributed by atoms with Gasteiger partial charge in [0.15, 0.2) is 0 Å². The number of ether oxygens (including phenoxy) is 1. The summed E-state index contributed by atoms with van der Waals surface area (Å²) < 4.78 is 5.02. The number of hydrogen-bond donors (Lipinski definition) is 1. The van der Waals surface area contributed by atoms with Crippen molar-refractivity contribution >= 4 is 11.9 Å². The van der Waals surface area contributed by atoms with Crippen LogP contribution in [0.1, 0.15) is 40.5 Å². The normalized spacial score (nSPS) is 14.1. The van der Waals surface area contributed by atoms with Crippen LogP contribution in [0.15, 0.2) is 0 Å². The maximum absolute atomic E-state index is 11.6. The van der Waals surface area contributed by atoms with Crippen molar-refractivity contribution < 1.29 is 14.3 Å². The first-order valence-corrected chi connectivity index (χ1v) is 5.46. The third kappa shape index (κ3) is 5.40. The smallest absolute Gasteiger partial charge is 0.328 e. The van der Waals surface area contributed by atoms with Gasteiger partial charge in [-0.25, -0.2) is 4.79 Å². The summed E-state index contributed by atoms with van der Waals surface area (Å²) in [5.74, 6) is -0.437. The summed E-state index contributed by atoms with van der Waals surface area (Å²) in [4.78, 5) is 22.5. The van der Waals surface area contributed by atoms with E-state index in [1.54, 1.807) is 0 Å². The number of hydrogen-bond acceptors (Lipinski definition) is 3.